The Morgan fingerprint density at radius 3 is 2.42 bits per heavy atom. The van der Waals surface area contributed by atoms with Crippen LogP contribution in [-0.2, 0) is 13.0 Å². The first-order valence-corrected chi connectivity index (χ1v) is 7.24. The largest absolute Gasteiger partial charge is 0.300 e. The molecule has 0 saturated heterocycles. The van der Waals surface area contributed by atoms with Gasteiger partial charge < -0.3 is 0 Å². The molecule has 0 N–H and O–H groups in total. The van der Waals surface area contributed by atoms with Crippen LogP contribution in [0.25, 0.3) is 11.1 Å². The van der Waals surface area contributed by atoms with Crippen molar-refractivity contribution in [3.05, 3.63) is 59.2 Å². The molecular weight excluding hydrogens is 230 g/mol. The molecule has 0 aliphatic heterocycles. The summed E-state index contributed by atoms with van der Waals surface area (Å²) < 4.78 is 0. The normalized spacial score (nSPS) is 12.6. The van der Waals surface area contributed by atoms with Crippen LogP contribution in [-0.4, -0.2) is 18.0 Å². The van der Waals surface area contributed by atoms with Crippen molar-refractivity contribution in [3.8, 4) is 11.1 Å². The maximum atomic E-state index is 2.46. The molecule has 0 amide bonds. The number of rotatable bonds is 4. The number of nitrogens with zero attached hydrogens (tertiary/aromatic N) is 1. The van der Waals surface area contributed by atoms with Crippen molar-refractivity contribution >= 4 is 0 Å². The van der Waals surface area contributed by atoms with E-state index >= 15 is 0 Å². The van der Waals surface area contributed by atoms with E-state index in [-0.39, 0.29) is 0 Å². The molecule has 98 valence electrons. The monoisotopic (exact) mass is 251 g/mol. The van der Waals surface area contributed by atoms with Gasteiger partial charge in [-0.15, -0.1) is 0 Å². The van der Waals surface area contributed by atoms with Crippen molar-refractivity contribution in [2.24, 2.45) is 0 Å². The van der Waals surface area contributed by atoms with E-state index in [0.29, 0.717) is 0 Å². The Hall–Kier alpha value is -1.60. The van der Waals surface area contributed by atoms with Gasteiger partial charge in [0.25, 0.3) is 0 Å². The summed E-state index contributed by atoms with van der Waals surface area (Å²) in [6, 6.07) is 15.8. The van der Waals surface area contributed by atoms with Crippen LogP contribution in [0.1, 0.15) is 30.5 Å². The summed E-state index contributed by atoms with van der Waals surface area (Å²) in [6.07, 6.45) is 1.09. The predicted octanol–water partition coefficient (Wildman–Crippen LogP) is 4.10. The third-order valence-electron chi connectivity index (χ3n) is 4.16. The van der Waals surface area contributed by atoms with E-state index in [2.05, 4.69) is 61.2 Å². The van der Waals surface area contributed by atoms with Gasteiger partial charge in [0.15, 0.2) is 0 Å². The molecule has 0 saturated carbocycles. The quantitative estimate of drug-likeness (QED) is 0.675. The summed E-state index contributed by atoms with van der Waals surface area (Å²) in [6.45, 7) is 7.76. The molecule has 0 unspecified atom stereocenters. The van der Waals surface area contributed by atoms with Crippen molar-refractivity contribution in [2.75, 3.05) is 13.1 Å². The Morgan fingerprint density at radius 2 is 1.63 bits per heavy atom. The van der Waals surface area contributed by atoms with Gasteiger partial charge in [0.1, 0.15) is 0 Å². The van der Waals surface area contributed by atoms with Crippen LogP contribution in [0.2, 0.25) is 0 Å². The lowest BCUT2D eigenvalue weighted by molar-refractivity contribution is 0.296. The highest BCUT2D eigenvalue weighted by atomic mass is 15.1. The zero-order chi connectivity index (χ0) is 13.2. The molecule has 1 aliphatic rings. The number of fused-ring (bicyclic) bond motifs is 3. The van der Waals surface area contributed by atoms with Gasteiger partial charge in [-0.1, -0.05) is 56.3 Å². The first kappa shape index (κ1) is 12.4. The molecule has 0 aromatic heterocycles. The summed E-state index contributed by atoms with van der Waals surface area (Å²) in [4.78, 5) is 2.46. The van der Waals surface area contributed by atoms with E-state index in [9.17, 15) is 0 Å². The highest BCUT2D eigenvalue weighted by molar-refractivity contribution is 5.76. The average molecular weight is 251 g/mol. The molecule has 2 aromatic rings. The molecule has 3 rings (SSSR count). The van der Waals surface area contributed by atoms with E-state index < -0.39 is 0 Å². The van der Waals surface area contributed by atoms with Gasteiger partial charge in [0.05, 0.1) is 0 Å². The molecule has 1 aliphatic carbocycles. The van der Waals surface area contributed by atoms with Gasteiger partial charge >= 0.3 is 0 Å². The molecule has 0 atom stereocenters. The minimum absolute atomic E-state index is 1.07. The Bertz CT molecular complexity index is 582. The van der Waals surface area contributed by atoms with Crippen LogP contribution in [0.3, 0.4) is 0 Å². The van der Waals surface area contributed by atoms with Gasteiger partial charge in [-0.2, -0.15) is 0 Å². The SMILES string of the molecule is CCN(CC)Cc1ccc2c(c1)Cc1ccccc1-2. The van der Waals surface area contributed by atoms with Crippen molar-refractivity contribution < 1.29 is 0 Å². The van der Waals surface area contributed by atoms with Gasteiger partial charge in [0, 0.05) is 6.54 Å². The third kappa shape index (κ3) is 2.31. The smallest absolute Gasteiger partial charge is 0.0233 e. The third-order valence-corrected chi connectivity index (χ3v) is 4.16. The van der Waals surface area contributed by atoms with E-state index in [0.717, 1.165) is 26.1 Å². The number of hydrogen-bond donors (Lipinski definition) is 0. The van der Waals surface area contributed by atoms with Crippen molar-refractivity contribution in [3.63, 3.8) is 0 Å². The molecule has 2 aromatic carbocycles. The molecule has 0 radical (unpaired) electrons. The van der Waals surface area contributed by atoms with Crippen LogP contribution >= 0.6 is 0 Å². The molecule has 1 nitrogen and oxygen atoms in total. The lowest BCUT2D eigenvalue weighted by Crippen LogP contribution is -2.22. The van der Waals surface area contributed by atoms with E-state index in [1.54, 1.807) is 0 Å². The minimum Gasteiger partial charge on any atom is -0.300 e. The second-order valence-corrected chi connectivity index (χ2v) is 5.29. The molecule has 0 fully saturated rings. The second kappa shape index (κ2) is 5.18. The second-order valence-electron chi connectivity index (χ2n) is 5.29. The molecule has 1 heteroatoms. The van der Waals surface area contributed by atoms with Crippen LogP contribution in [0.15, 0.2) is 42.5 Å². The summed E-state index contributed by atoms with van der Waals surface area (Å²) >= 11 is 0. The minimum atomic E-state index is 1.07. The van der Waals surface area contributed by atoms with Gasteiger partial charge in [0.2, 0.25) is 0 Å². The van der Waals surface area contributed by atoms with Crippen molar-refractivity contribution in [2.45, 2.75) is 26.8 Å². The molecule has 19 heavy (non-hydrogen) atoms. The summed E-state index contributed by atoms with van der Waals surface area (Å²) in [7, 11) is 0. The molecular formula is C18H21N. The average Bonchev–Trinajstić information content (AvgIpc) is 2.82. The molecule has 0 spiro atoms. The van der Waals surface area contributed by atoms with Crippen LogP contribution < -0.4 is 0 Å². The topological polar surface area (TPSA) is 3.24 Å². The van der Waals surface area contributed by atoms with Gasteiger partial charge in [-0.05, 0) is 47.3 Å². The fourth-order valence-corrected chi connectivity index (χ4v) is 3.00. The Kier molecular flexibility index (Phi) is 3.39. The maximum absolute atomic E-state index is 2.46. The highest BCUT2D eigenvalue weighted by Gasteiger charge is 2.17. The first-order valence-electron chi connectivity index (χ1n) is 7.24. The standard InChI is InChI=1S/C18H21N/c1-3-19(4-2)13-14-9-10-18-16(11-14)12-15-7-5-6-8-17(15)18/h5-11H,3-4,12-13H2,1-2H3. The zero-order valence-electron chi connectivity index (χ0n) is 11.8. The molecule has 0 heterocycles. The number of benzene rings is 2. The summed E-state index contributed by atoms with van der Waals surface area (Å²) in [5.74, 6) is 0. The maximum Gasteiger partial charge on any atom is 0.0233 e. The van der Waals surface area contributed by atoms with E-state index in [1.807, 2.05) is 0 Å². The van der Waals surface area contributed by atoms with Crippen LogP contribution in [0.5, 0.6) is 0 Å². The Morgan fingerprint density at radius 1 is 0.895 bits per heavy atom. The lowest BCUT2D eigenvalue weighted by Gasteiger charge is -2.18. The first-order chi connectivity index (χ1) is 9.31. The lowest BCUT2D eigenvalue weighted by atomic mass is 10.0. The predicted molar refractivity (Wildman–Crippen MR) is 81.3 cm³/mol. The van der Waals surface area contributed by atoms with E-state index in [1.165, 1.54) is 27.8 Å². The van der Waals surface area contributed by atoms with E-state index in [4.69, 9.17) is 0 Å². The van der Waals surface area contributed by atoms with Crippen LogP contribution in [0, 0.1) is 0 Å². The fraction of sp³-hybridized carbons (Fsp3) is 0.333. The number of hydrogen-bond acceptors (Lipinski definition) is 1. The summed E-state index contributed by atoms with van der Waals surface area (Å²) in [5.41, 5.74) is 7.25. The van der Waals surface area contributed by atoms with Crippen LogP contribution in [0.4, 0.5) is 0 Å². The van der Waals surface area contributed by atoms with Gasteiger partial charge in [-0.25, -0.2) is 0 Å². The molecule has 0 bridgehead atoms. The fourth-order valence-electron chi connectivity index (χ4n) is 3.00. The Balaban J connectivity index is 1.89. The highest BCUT2D eigenvalue weighted by Crippen LogP contribution is 2.36. The van der Waals surface area contributed by atoms with Crippen molar-refractivity contribution in [1.29, 1.82) is 0 Å². The Labute approximate surface area is 115 Å². The van der Waals surface area contributed by atoms with Gasteiger partial charge in [-0.3, -0.25) is 4.90 Å². The van der Waals surface area contributed by atoms with Crippen molar-refractivity contribution in [1.82, 2.24) is 4.90 Å². The zero-order valence-corrected chi connectivity index (χ0v) is 11.8. The summed E-state index contributed by atoms with van der Waals surface area (Å²) in [5, 5.41) is 0.